The number of nitrogens with one attached hydrogen (secondary N) is 1. The average molecular weight is 408 g/mol. The van der Waals surface area contributed by atoms with Crippen LogP contribution in [-0.2, 0) is 0 Å². The molecule has 0 radical (unpaired) electrons. The number of amides is 1. The summed E-state index contributed by atoms with van der Waals surface area (Å²) in [7, 11) is 2.15. The Morgan fingerprint density at radius 2 is 1.66 bits per heavy atom. The highest BCUT2D eigenvalue weighted by atomic mass is 35.5. The Balaban J connectivity index is 1.54. The summed E-state index contributed by atoms with van der Waals surface area (Å²) in [6.07, 6.45) is 0. The van der Waals surface area contributed by atoms with Gasteiger partial charge in [0.25, 0.3) is 5.91 Å². The number of carbonyl (C=O) groups excluding carboxylic acids is 1. The van der Waals surface area contributed by atoms with E-state index in [1.807, 2.05) is 54.6 Å². The molecule has 150 valence electrons. The Bertz CT molecular complexity index is 976. The largest absolute Gasteiger partial charge is 0.350 e. The maximum atomic E-state index is 13.0. The van der Waals surface area contributed by atoms with Gasteiger partial charge in [-0.25, -0.2) is 0 Å². The summed E-state index contributed by atoms with van der Waals surface area (Å²) in [5.41, 5.74) is 1.90. The lowest BCUT2D eigenvalue weighted by atomic mass is 10.0. The molecule has 4 rings (SSSR count). The van der Waals surface area contributed by atoms with Gasteiger partial charge in [0.15, 0.2) is 0 Å². The number of piperazine rings is 1. The molecule has 1 N–H and O–H groups in total. The highest BCUT2D eigenvalue weighted by Crippen LogP contribution is 2.24. The molecule has 29 heavy (non-hydrogen) atoms. The van der Waals surface area contributed by atoms with Crippen LogP contribution in [0.1, 0.15) is 22.0 Å². The van der Waals surface area contributed by atoms with Crippen LogP contribution in [0.2, 0.25) is 5.02 Å². The molecule has 1 aliphatic rings. The normalized spacial score (nSPS) is 16.6. The van der Waals surface area contributed by atoms with Gasteiger partial charge in [0, 0.05) is 43.3 Å². The molecule has 5 heteroatoms. The third-order valence-corrected chi connectivity index (χ3v) is 5.98. The van der Waals surface area contributed by atoms with Crippen molar-refractivity contribution in [1.29, 1.82) is 0 Å². The molecule has 0 spiro atoms. The summed E-state index contributed by atoms with van der Waals surface area (Å²) < 4.78 is 0. The van der Waals surface area contributed by atoms with E-state index in [1.165, 1.54) is 5.56 Å². The average Bonchev–Trinajstić information content (AvgIpc) is 2.75. The summed E-state index contributed by atoms with van der Waals surface area (Å²) in [5, 5.41) is 5.97. The first kappa shape index (κ1) is 19.9. The van der Waals surface area contributed by atoms with Crippen LogP contribution in [0.15, 0.2) is 66.7 Å². The molecule has 0 unspecified atom stereocenters. The van der Waals surface area contributed by atoms with E-state index in [9.17, 15) is 4.79 Å². The lowest BCUT2D eigenvalue weighted by Gasteiger charge is -2.38. The van der Waals surface area contributed by atoms with Crippen molar-refractivity contribution in [3.63, 3.8) is 0 Å². The van der Waals surface area contributed by atoms with E-state index in [-0.39, 0.29) is 11.9 Å². The number of hydrogen-bond acceptors (Lipinski definition) is 3. The second kappa shape index (κ2) is 8.95. The first-order valence-corrected chi connectivity index (χ1v) is 10.4. The standard InChI is InChI=1S/C24H26ClN3O/c1-27-13-15-28(16-14-27)23(19-9-11-20(25)12-10-19)17-26-24(29)22-8-4-6-18-5-2-3-7-21(18)22/h2-12,23H,13-17H2,1H3,(H,26,29)/t23-/m1/s1. The summed E-state index contributed by atoms with van der Waals surface area (Å²) in [4.78, 5) is 17.8. The van der Waals surface area contributed by atoms with Crippen molar-refractivity contribution >= 4 is 28.3 Å². The molecule has 1 atom stereocenters. The fraction of sp³-hybridized carbons (Fsp3) is 0.292. The van der Waals surface area contributed by atoms with E-state index in [0.717, 1.165) is 47.5 Å². The Kier molecular flexibility index (Phi) is 6.14. The van der Waals surface area contributed by atoms with Gasteiger partial charge in [0.2, 0.25) is 0 Å². The predicted molar refractivity (Wildman–Crippen MR) is 120 cm³/mol. The van der Waals surface area contributed by atoms with Gasteiger partial charge >= 0.3 is 0 Å². The van der Waals surface area contributed by atoms with Crippen LogP contribution >= 0.6 is 11.6 Å². The van der Waals surface area contributed by atoms with Gasteiger partial charge in [-0.1, -0.05) is 60.1 Å². The number of nitrogens with zero attached hydrogens (tertiary/aromatic N) is 2. The molecule has 1 fully saturated rings. The molecular formula is C24H26ClN3O. The fourth-order valence-electron chi connectivity index (χ4n) is 3.98. The van der Waals surface area contributed by atoms with Crippen LogP contribution in [0, 0.1) is 0 Å². The zero-order chi connectivity index (χ0) is 20.2. The van der Waals surface area contributed by atoms with Gasteiger partial charge in [-0.15, -0.1) is 0 Å². The fourth-order valence-corrected chi connectivity index (χ4v) is 4.11. The number of rotatable bonds is 5. The molecular weight excluding hydrogens is 382 g/mol. The highest BCUT2D eigenvalue weighted by molar-refractivity contribution is 6.30. The molecule has 1 amide bonds. The van der Waals surface area contributed by atoms with Crippen LogP contribution in [0.3, 0.4) is 0 Å². The Labute approximate surface area is 177 Å². The van der Waals surface area contributed by atoms with Crippen molar-refractivity contribution in [3.8, 4) is 0 Å². The van der Waals surface area contributed by atoms with E-state index in [2.05, 4.69) is 34.3 Å². The van der Waals surface area contributed by atoms with Gasteiger partial charge < -0.3 is 10.2 Å². The molecule has 0 aliphatic carbocycles. The molecule has 0 bridgehead atoms. The molecule has 1 saturated heterocycles. The van der Waals surface area contributed by atoms with Gasteiger partial charge in [0.05, 0.1) is 6.04 Å². The van der Waals surface area contributed by atoms with E-state index < -0.39 is 0 Å². The molecule has 1 aliphatic heterocycles. The maximum absolute atomic E-state index is 13.0. The predicted octanol–water partition coefficient (Wildman–Crippen LogP) is 4.21. The van der Waals surface area contributed by atoms with E-state index in [4.69, 9.17) is 11.6 Å². The van der Waals surface area contributed by atoms with Crippen LogP contribution in [-0.4, -0.2) is 55.5 Å². The Hall–Kier alpha value is -2.40. The maximum Gasteiger partial charge on any atom is 0.251 e. The summed E-state index contributed by atoms with van der Waals surface area (Å²) in [6, 6.07) is 22.0. The number of benzene rings is 3. The smallest absolute Gasteiger partial charge is 0.251 e. The van der Waals surface area contributed by atoms with Crippen LogP contribution in [0.4, 0.5) is 0 Å². The number of halogens is 1. The number of carbonyl (C=O) groups is 1. The number of hydrogen-bond donors (Lipinski definition) is 1. The highest BCUT2D eigenvalue weighted by Gasteiger charge is 2.24. The minimum Gasteiger partial charge on any atom is -0.350 e. The van der Waals surface area contributed by atoms with Crippen molar-refractivity contribution < 1.29 is 4.79 Å². The van der Waals surface area contributed by atoms with Crippen LogP contribution in [0.5, 0.6) is 0 Å². The minimum absolute atomic E-state index is 0.0325. The van der Waals surface area contributed by atoms with Gasteiger partial charge in [-0.2, -0.15) is 0 Å². The lowest BCUT2D eigenvalue weighted by molar-refractivity contribution is 0.0887. The van der Waals surface area contributed by atoms with Crippen molar-refractivity contribution in [2.24, 2.45) is 0 Å². The molecule has 1 heterocycles. The Morgan fingerprint density at radius 3 is 2.41 bits per heavy atom. The zero-order valence-electron chi connectivity index (χ0n) is 16.6. The number of fused-ring (bicyclic) bond motifs is 1. The second-order valence-corrected chi connectivity index (χ2v) is 8.08. The third-order valence-electron chi connectivity index (χ3n) is 5.72. The number of likely N-dealkylation sites (N-methyl/N-ethyl adjacent to an activating group) is 1. The third kappa shape index (κ3) is 4.61. The van der Waals surface area contributed by atoms with Crippen molar-refractivity contribution in [3.05, 3.63) is 82.9 Å². The minimum atomic E-state index is -0.0325. The van der Waals surface area contributed by atoms with Gasteiger partial charge in [0.1, 0.15) is 0 Å². The quantitative estimate of drug-likeness (QED) is 0.688. The molecule has 4 nitrogen and oxygen atoms in total. The molecule has 3 aromatic rings. The van der Waals surface area contributed by atoms with Crippen molar-refractivity contribution in [1.82, 2.24) is 15.1 Å². The summed E-state index contributed by atoms with van der Waals surface area (Å²) in [6.45, 7) is 4.58. The summed E-state index contributed by atoms with van der Waals surface area (Å²) in [5.74, 6) is -0.0325. The second-order valence-electron chi connectivity index (χ2n) is 7.64. The Morgan fingerprint density at radius 1 is 0.966 bits per heavy atom. The van der Waals surface area contributed by atoms with Crippen LogP contribution in [0.25, 0.3) is 10.8 Å². The lowest BCUT2D eigenvalue weighted by Crippen LogP contribution is -2.48. The van der Waals surface area contributed by atoms with E-state index in [0.29, 0.717) is 6.54 Å². The van der Waals surface area contributed by atoms with Gasteiger partial charge in [-0.3, -0.25) is 9.69 Å². The topological polar surface area (TPSA) is 35.6 Å². The van der Waals surface area contributed by atoms with Crippen molar-refractivity contribution in [2.45, 2.75) is 6.04 Å². The molecule has 3 aromatic carbocycles. The van der Waals surface area contributed by atoms with Crippen LogP contribution < -0.4 is 5.32 Å². The SMILES string of the molecule is CN1CCN([C@H](CNC(=O)c2cccc3ccccc23)c2ccc(Cl)cc2)CC1. The first-order valence-electron chi connectivity index (χ1n) is 10.1. The zero-order valence-corrected chi connectivity index (χ0v) is 17.4. The molecule has 0 saturated carbocycles. The monoisotopic (exact) mass is 407 g/mol. The van der Waals surface area contributed by atoms with E-state index >= 15 is 0 Å². The van der Waals surface area contributed by atoms with Crippen molar-refractivity contribution in [2.75, 3.05) is 39.8 Å². The summed E-state index contributed by atoms with van der Waals surface area (Å²) >= 11 is 6.09. The van der Waals surface area contributed by atoms with E-state index in [1.54, 1.807) is 0 Å². The van der Waals surface area contributed by atoms with Gasteiger partial charge in [-0.05, 0) is 41.6 Å². The molecule has 0 aromatic heterocycles. The first-order chi connectivity index (χ1) is 14.1.